The first-order valence-electron chi connectivity index (χ1n) is 5.08. The molecule has 15 heavy (non-hydrogen) atoms. The number of hydrogen-bond donors (Lipinski definition) is 2. The number of aliphatic carboxylic acids is 1. The van der Waals surface area contributed by atoms with Crippen molar-refractivity contribution in [3.63, 3.8) is 0 Å². The van der Waals surface area contributed by atoms with Crippen LogP contribution >= 0.6 is 0 Å². The summed E-state index contributed by atoms with van der Waals surface area (Å²) >= 11 is 0. The van der Waals surface area contributed by atoms with Crippen LogP contribution in [0.4, 0.5) is 0 Å². The molecule has 2 N–H and O–H groups in total. The number of hydrogen-bond acceptors (Lipinski definition) is 4. The lowest BCUT2D eigenvalue weighted by atomic mass is 10.2. The number of aliphatic hydroxyl groups is 1. The Labute approximate surface area is 89.0 Å². The fourth-order valence-electron chi connectivity index (χ4n) is 0.961. The molecule has 1 atom stereocenters. The number of carboxylic acids is 1. The van der Waals surface area contributed by atoms with E-state index >= 15 is 0 Å². The summed E-state index contributed by atoms with van der Waals surface area (Å²) < 4.78 is 4.81. The van der Waals surface area contributed by atoms with Crippen LogP contribution in [0, 0.1) is 0 Å². The molecule has 1 unspecified atom stereocenters. The predicted octanol–water partition coefficient (Wildman–Crippen LogP) is 0.946. The van der Waals surface area contributed by atoms with Crippen LogP contribution in [0.25, 0.3) is 0 Å². The maximum atomic E-state index is 11.0. The van der Waals surface area contributed by atoms with Crippen molar-refractivity contribution in [1.82, 2.24) is 0 Å². The molecule has 0 rings (SSSR count). The van der Waals surface area contributed by atoms with Crippen LogP contribution in [-0.4, -0.2) is 34.9 Å². The molecule has 0 spiro atoms. The Morgan fingerprint density at radius 2 is 1.87 bits per heavy atom. The summed E-state index contributed by atoms with van der Waals surface area (Å²) in [5.41, 5.74) is 0. The molecule has 0 aliphatic rings. The standard InChI is InChI=1S/C10H18O5/c1-8(11)6-7-15-10(14)5-3-2-4-9(12)13/h8,11H,2-7H2,1H3,(H,12,13). The van der Waals surface area contributed by atoms with Gasteiger partial charge in [0.2, 0.25) is 0 Å². The van der Waals surface area contributed by atoms with Gasteiger partial charge in [0.25, 0.3) is 0 Å². The summed E-state index contributed by atoms with van der Waals surface area (Å²) in [5, 5.41) is 17.2. The molecule has 0 bridgehead atoms. The zero-order chi connectivity index (χ0) is 11.7. The lowest BCUT2D eigenvalue weighted by Gasteiger charge is -2.05. The van der Waals surface area contributed by atoms with Gasteiger partial charge in [-0.05, 0) is 19.8 Å². The molecule has 0 fully saturated rings. The van der Waals surface area contributed by atoms with Crippen molar-refractivity contribution in [3.8, 4) is 0 Å². The Hall–Kier alpha value is -1.10. The summed E-state index contributed by atoms with van der Waals surface area (Å²) in [6, 6.07) is 0. The van der Waals surface area contributed by atoms with Crippen LogP contribution in [0.15, 0.2) is 0 Å². The molecule has 0 amide bonds. The third kappa shape index (κ3) is 10.8. The molecule has 0 aromatic carbocycles. The molecule has 0 radical (unpaired) electrons. The van der Waals surface area contributed by atoms with E-state index in [1.165, 1.54) is 0 Å². The van der Waals surface area contributed by atoms with Gasteiger partial charge in [0.1, 0.15) is 0 Å². The molecule has 5 nitrogen and oxygen atoms in total. The molecule has 0 aliphatic heterocycles. The molecule has 0 heterocycles. The van der Waals surface area contributed by atoms with Gasteiger partial charge in [-0.3, -0.25) is 9.59 Å². The van der Waals surface area contributed by atoms with E-state index in [-0.39, 0.29) is 25.4 Å². The number of carboxylic acid groups (broad SMARTS) is 1. The fourth-order valence-corrected chi connectivity index (χ4v) is 0.961. The summed E-state index contributed by atoms with van der Waals surface area (Å²) in [4.78, 5) is 21.2. The monoisotopic (exact) mass is 218 g/mol. The number of ether oxygens (including phenoxy) is 1. The van der Waals surface area contributed by atoms with Gasteiger partial charge in [-0.2, -0.15) is 0 Å². The Bertz CT molecular complexity index is 200. The van der Waals surface area contributed by atoms with Gasteiger partial charge in [0.15, 0.2) is 0 Å². The molecular weight excluding hydrogens is 200 g/mol. The van der Waals surface area contributed by atoms with Crippen LogP contribution in [-0.2, 0) is 14.3 Å². The quantitative estimate of drug-likeness (QED) is 0.468. The minimum absolute atomic E-state index is 0.0843. The van der Waals surface area contributed by atoms with E-state index in [4.69, 9.17) is 14.9 Å². The highest BCUT2D eigenvalue weighted by Crippen LogP contribution is 2.02. The second-order valence-corrected chi connectivity index (χ2v) is 3.46. The average Bonchev–Trinajstić information content (AvgIpc) is 2.11. The molecule has 0 aliphatic carbocycles. The Morgan fingerprint density at radius 1 is 1.27 bits per heavy atom. The van der Waals surface area contributed by atoms with Crippen LogP contribution in [0.5, 0.6) is 0 Å². The number of unbranched alkanes of at least 4 members (excludes halogenated alkanes) is 1. The fraction of sp³-hybridized carbons (Fsp3) is 0.800. The number of aliphatic hydroxyl groups excluding tert-OH is 1. The Kier molecular flexibility index (Phi) is 7.62. The average molecular weight is 218 g/mol. The molecule has 0 aromatic rings. The number of carbonyl (C=O) groups is 2. The highest BCUT2D eigenvalue weighted by Gasteiger charge is 2.04. The van der Waals surface area contributed by atoms with Crippen molar-refractivity contribution >= 4 is 11.9 Å². The van der Waals surface area contributed by atoms with E-state index in [0.717, 1.165) is 0 Å². The zero-order valence-corrected chi connectivity index (χ0v) is 8.94. The molecule has 0 saturated heterocycles. The summed E-state index contributed by atoms with van der Waals surface area (Å²) in [6.07, 6.45) is 1.31. The third-order valence-corrected chi connectivity index (χ3v) is 1.82. The number of rotatable bonds is 8. The van der Waals surface area contributed by atoms with E-state index in [1.807, 2.05) is 0 Å². The topological polar surface area (TPSA) is 83.8 Å². The molecule has 0 aromatic heterocycles. The first-order valence-corrected chi connectivity index (χ1v) is 5.08. The summed E-state index contributed by atoms with van der Waals surface area (Å²) in [6.45, 7) is 1.84. The predicted molar refractivity (Wildman–Crippen MR) is 53.4 cm³/mol. The van der Waals surface area contributed by atoms with Crippen molar-refractivity contribution in [1.29, 1.82) is 0 Å². The van der Waals surface area contributed by atoms with Gasteiger partial charge in [-0.1, -0.05) is 0 Å². The lowest BCUT2D eigenvalue weighted by Crippen LogP contribution is -2.10. The summed E-state index contributed by atoms with van der Waals surface area (Å²) in [7, 11) is 0. The second kappa shape index (κ2) is 8.23. The van der Waals surface area contributed by atoms with Gasteiger partial charge in [0.05, 0.1) is 12.7 Å². The lowest BCUT2D eigenvalue weighted by molar-refractivity contribution is -0.144. The van der Waals surface area contributed by atoms with Crippen LogP contribution in [0.3, 0.4) is 0 Å². The van der Waals surface area contributed by atoms with Gasteiger partial charge in [-0.15, -0.1) is 0 Å². The number of esters is 1. The van der Waals surface area contributed by atoms with E-state index in [0.29, 0.717) is 19.3 Å². The highest BCUT2D eigenvalue weighted by atomic mass is 16.5. The van der Waals surface area contributed by atoms with E-state index < -0.39 is 12.1 Å². The summed E-state index contributed by atoms with van der Waals surface area (Å²) in [5.74, 6) is -1.18. The van der Waals surface area contributed by atoms with Crippen molar-refractivity contribution in [3.05, 3.63) is 0 Å². The van der Waals surface area contributed by atoms with Gasteiger partial charge < -0.3 is 14.9 Å². The third-order valence-electron chi connectivity index (χ3n) is 1.82. The Morgan fingerprint density at radius 3 is 2.40 bits per heavy atom. The number of carbonyl (C=O) groups excluding carboxylic acids is 1. The highest BCUT2D eigenvalue weighted by molar-refractivity contribution is 5.69. The minimum atomic E-state index is -0.850. The zero-order valence-electron chi connectivity index (χ0n) is 8.94. The van der Waals surface area contributed by atoms with Crippen molar-refractivity contribution in [2.45, 2.75) is 45.1 Å². The van der Waals surface area contributed by atoms with Crippen LogP contribution in [0.2, 0.25) is 0 Å². The largest absolute Gasteiger partial charge is 0.481 e. The van der Waals surface area contributed by atoms with E-state index in [9.17, 15) is 9.59 Å². The van der Waals surface area contributed by atoms with Crippen molar-refractivity contribution < 1.29 is 24.5 Å². The first-order chi connectivity index (χ1) is 7.02. The van der Waals surface area contributed by atoms with Crippen LogP contribution < -0.4 is 0 Å². The maximum Gasteiger partial charge on any atom is 0.305 e. The van der Waals surface area contributed by atoms with E-state index in [1.54, 1.807) is 6.92 Å². The second-order valence-electron chi connectivity index (χ2n) is 3.46. The van der Waals surface area contributed by atoms with Crippen LogP contribution in [0.1, 0.15) is 39.0 Å². The smallest absolute Gasteiger partial charge is 0.305 e. The SMILES string of the molecule is CC(O)CCOC(=O)CCCCC(=O)O. The normalized spacial score (nSPS) is 12.1. The van der Waals surface area contributed by atoms with Crippen molar-refractivity contribution in [2.75, 3.05) is 6.61 Å². The van der Waals surface area contributed by atoms with Gasteiger partial charge >= 0.3 is 11.9 Å². The minimum Gasteiger partial charge on any atom is -0.481 e. The molecule has 5 heteroatoms. The molecule has 88 valence electrons. The molecular formula is C10H18O5. The Balaban J connectivity index is 3.30. The van der Waals surface area contributed by atoms with Gasteiger partial charge in [0, 0.05) is 19.3 Å². The first kappa shape index (κ1) is 13.9. The molecule has 0 saturated carbocycles. The van der Waals surface area contributed by atoms with Gasteiger partial charge in [-0.25, -0.2) is 0 Å². The maximum absolute atomic E-state index is 11.0. The van der Waals surface area contributed by atoms with Crippen molar-refractivity contribution in [2.24, 2.45) is 0 Å². The van der Waals surface area contributed by atoms with E-state index in [2.05, 4.69) is 0 Å².